The second-order valence-electron chi connectivity index (χ2n) is 8.60. The third-order valence-electron chi connectivity index (χ3n) is 5.63. The maximum Gasteiger partial charge on any atom is 0.349 e. The van der Waals surface area contributed by atoms with E-state index >= 15 is 0 Å². The van der Waals surface area contributed by atoms with Gasteiger partial charge in [0.25, 0.3) is 0 Å². The molecule has 0 aliphatic rings. The molecule has 0 N–H and O–H groups in total. The molecule has 0 bridgehead atoms. The molecule has 4 aromatic rings. The first-order valence-electron chi connectivity index (χ1n) is 11.6. The van der Waals surface area contributed by atoms with Gasteiger partial charge >= 0.3 is 5.97 Å². The summed E-state index contributed by atoms with van der Waals surface area (Å²) in [5, 5.41) is 0. The fourth-order valence-electron chi connectivity index (χ4n) is 3.73. The van der Waals surface area contributed by atoms with Gasteiger partial charge in [0.15, 0.2) is 12.4 Å². The molecule has 37 heavy (non-hydrogen) atoms. The molecule has 0 saturated carbocycles. The van der Waals surface area contributed by atoms with Gasteiger partial charge in [0.1, 0.15) is 23.1 Å². The van der Waals surface area contributed by atoms with Crippen LogP contribution in [0.1, 0.15) is 15.9 Å². The highest BCUT2D eigenvalue weighted by atomic mass is 19.1. The molecule has 0 atom stereocenters. The minimum Gasteiger partial charge on any atom is -0.482 e. The molecule has 0 saturated heterocycles. The molecule has 0 amide bonds. The summed E-state index contributed by atoms with van der Waals surface area (Å²) in [6.07, 6.45) is -0.0800. The zero-order chi connectivity index (χ0) is 26.4. The van der Waals surface area contributed by atoms with Crippen LogP contribution in [0, 0.1) is 11.6 Å². The lowest BCUT2D eigenvalue weighted by molar-refractivity contribution is -0.136. The summed E-state index contributed by atoms with van der Waals surface area (Å²) in [6, 6.07) is 23.7. The molecule has 0 fully saturated rings. The van der Waals surface area contributed by atoms with E-state index in [-0.39, 0.29) is 18.6 Å². The monoisotopic (exact) mass is 501 g/mol. The molecular formula is C30H25F2NO4. The Hall–Kier alpha value is -4.52. The summed E-state index contributed by atoms with van der Waals surface area (Å²) in [4.78, 5) is 27.0. The molecule has 4 aromatic carbocycles. The predicted molar refractivity (Wildman–Crippen MR) is 138 cm³/mol. The topological polar surface area (TPSA) is 55.8 Å². The van der Waals surface area contributed by atoms with E-state index in [4.69, 9.17) is 9.47 Å². The molecule has 188 valence electrons. The standard InChI is InChI=1S/C30H25F2NO4/c1-33(2)24-10-12-25(13-11-24)37-30(35)19-36-26-8-3-5-20(15-26)16-29(34)27-18-22(9-14-28(27)32)21-6-4-7-23(31)17-21/h3-15,17-18H,16,19H2,1-2H3. The number of anilines is 1. The highest BCUT2D eigenvalue weighted by Gasteiger charge is 2.15. The van der Waals surface area contributed by atoms with Crippen molar-refractivity contribution < 1.29 is 27.8 Å². The highest BCUT2D eigenvalue weighted by molar-refractivity contribution is 5.98. The number of hydrogen-bond acceptors (Lipinski definition) is 5. The smallest absolute Gasteiger partial charge is 0.349 e. The van der Waals surface area contributed by atoms with Gasteiger partial charge in [-0.1, -0.05) is 30.3 Å². The van der Waals surface area contributed by atoms with Crippen molar-refractivity contribution in [1.29, 1.82) is 0 Å². The van der Waals surface area contributed by atoms with Crippen LogP contribution in [-0.4, -0.2) is 32.5 Å². The lowest BCUT2D eigenvalue weighted by Gasteiger charge is -2.13. The second-order valence-corrected chi connectivity index (χ2v) is 8.60. The lowest BCUT2D eigenvalue weighted by Crippen LogP contribution is -2.18. The van der Waals surface area contributed by atoms with Gasteiger partial charge in [-0.15, -0.1) is 0 Å². The van der Waals surface area contributed by atoms with Crippen LogP contribution in [0.25, 0.3) is 11.1 Å². The number of carbonyl (C=O) groups is 2. The second kappa shape index (κ2) is 11.5. The quantitative estimate of drug-likeness (QED) is 0.157. The minimum atomic E-state index is -0.654. The fraction of sp³-hybridized carbons (Fsp3) is 0.133. The zero-order valence-electron chi connectivity index (χ0n) is 20.4. The van der Waals surface area contributed by atoms with E-state index < -0.39 is 23.4 Å². The van der Waals surface area contributed by atoms with E-state index in [1.54, 1.807) is 48.5 Å². The Bertz CT molecular complexity index is 1420. The number of hydrogen-bond donors (Lipinski definition) is 0. The van der Waals surface area contributed by atoms with Crippen molar-refractivity contribution in [1.82, 2.24) is 0 Å². The molecule has 0 aliphatic carbocycles. The molecule has 0 heterocycles. The fourth-order valence-corrected chi connectivity index (χ4v) is 3.73. The van der Waals surface area contributed by atoms with Crippen molar-refractivity contribution in [2.24, 2.45) is 0 Å². The highest BCUT2D eigenvalue weighted by Crippen LogP contribution is 2.24. The van der Waals surface area contributed by atoms with E-state index in [0.717, 1.165) is 5.69 Å². The summed E-state index contributed by atoms with van der Waals surface area (Å²) in [6.45, 7) is -0.322. The van der Waals surface area contributed by atoms with Crippen molar-refractivity contribution in [3.05, 3.63) is 114 Å². The van der Waals surface area contributed by atoms with Crippen LogP contribution in [0.3, 0.4) is 0 Å². The van der Waals surface area contributed by atoms with E-state index in [9.17, 15) is 18.4 Å². The summed E-state index contributed by atoms with van der Waals surface area (Å²) >= 11 is 0. The van der Waals surface area contributed by atoms with Crippen LogP contribution < -0.4 is 14.4 Å². The van der Waals surface area contributed by atoms with Crippen LogP contribution in [0.2, 0.25) is 0 Å². The molecule has 0 spiro atoms. The van der Waals surface area contributed by atoms with Crippen molar-refractivity contribution in [3.63, 3.8) is 0 Å². The Labute approximate surface area is 213 Å². The summed E-state index contributed by atoms with van der Waals surface area (Å²) < 4.78 is 38.9. The van der Waals surface area contributed by atoms with E-state index in [0.29, 0.717) is 28.2 Å². The summed E-state index contributed by atoms with van der Waals surface area (Å²) in [5.41, 5.74) is 2.56. The maximum absolute atomic E-state index is 14.5. The SMILES string of the molecule is CN(C)c1ccc(OC(=O)COc2cccc(CC(=O)c3cc(-c4cccc(F)c4)ccc3F)c2)cc1. The van der Waals surface area contributed by atoms with Gasteiger partial charge in [0, 0.05) is 26.2 Å². The first kappa shape index (κ1) is 25.6. The van der Waals surface area contributed by atoms with Gasteiger partial charge in [0.05, 0.1) is 5.56 Å². The molecule has 0 radical (unpaired) electrons. The predicted octanol–water partition coefficient (Wildman–Crippen LogP) is 6.11. The van der Waals surface area contributed by atoms with Gasteiger partial charge in [-0.2, -0.15) is 0 Å². The molecule has 7 heteroatoms. The number of rotatable bonds is 9. The first-order chi connectivity index (χ1) is 17.8. The van der Waals surface area contributed by atoms with Gasteiger partial charge < -0.3 is 14.4 Å². The normalized spacial score (nSPS) is 10.6. The van der Waals surface area contributed by atoms with Crippen LogP contribution in [-0.2, 0) is 11.2 Å². The minimum absolute atomic E-state index is 0.0800. The number of carbonyl (C=O) groups excluding carboxylic acids is 2. The van der Waals surface area contributed by atoms with Crippen molar-refractivity contribution >= 4 is 17.4 Å². The zero-order valence-corrected chi connectivity index (χ0v) is 20.4. The Morgan fingerprint density at radius 3 is 2.24 bits per heavy atom. The van der Waals surface area contributed by atoms with Gasteiger partial charge in [-0.3, -0.25) is 4.79 Å². The Balaban J connectivity index is 1.38. The lowest BCUT2D eigenvalue weighted by atomic mass is 9.97. The van der Waals surface area contributed by atoms with Crippen LogP contribution in [0.5, 0.6) is 11.5 Å². The van der Waals surface area contributed by atoms with Crippen LogP contribution in [0.4, 0.5) is 14.5 Å². The van der Waals surface area contributed by atoms with Gasteiger partial charge in [0.2, 0.25) is 0 Å². The number of ketones is 1. The first-order valence-corrected chi connectivity index (χ1v) is 11.6. The van der Waals surface area contributed by atoms with Crippen molar-refractivity contribution in [3.8, 4) is 22.6 Å². The number of halogens is 2. The molecule has 0 aromatic heterocycles. The molecule has 0 aliphatic heterocycles. The van der Waals surface area contributed by atoms with Crippen LogP contribution >= 0.6 is 0 Å². The number of Topliss-reactive ketones (excluding diaryl/α,β-unsaturated/α-hetero) is 1. The average molecular weight is 502 g/mol. The maximum atomic E-state index is 14.5. The molecular weight excluding hydrogens is 476 g/mol. The summed E-state index contributed by atoms with van der Waals surface area (Å²) in [7, 11) is 3.83. The molecule has 4 rings (SSSR count). The Morgan fingerprint density at radius 2 is 1.51 bits per heavy atom. The van der Waals surface area contributed by atoms with Crippen molar-refractivity contribution in [2.75, 3.05) is 25.6 Å². The average Bonchev–Trinajstić information content (AvgIpc) is 2.88. The van der Waals surface area contributed by atoms with E-state index in [1.165, 1.54) is 30.3 Å². The largest absolute Gasteiger partial charge is 0.482 e. The Morgan fingerprint density at radius 1 is 0.784 bits per heavy atom. The van der Waals surface area contributed by atoms with Gasteiger partial charge in [-0.05, 0) is 77.4 Å². The number of ether oxygens (including phenoxy) is 2. The third-order valence-corrected chi connectivity index (χ3v) is 5.63. The van der Waals surface area contributed by atoms with Gasteiger partial charge in [-0.25, -0.2) is 13.6 Å². The van der Waals surface area contributed by atoms with Crippen LogP contribution in [0.15, 0.2) is 91.0 Å². The number of benzene rings is 4. The molecule has 5 nitrogen and oxygen atoms in total. The Kier molecular flexibility index (Phi) is 7.93. The number of nitrogens with zero attached hydrogens (tertiary/aromatic N) is 1. The summed E-state index contributed by atoms with van der Waals surface area (Å²) in [5.74, 6) is -1.31. The molecule has 0 unspecified atom stereocenters. The van der Waals surface area contributed by atoms with E-state index in [2.05, 4.69) is 0 Å². The third kappa shape index (κ3) is 6.79. The van der Waals surface area contributed by atoms with Crippen molar-refractivity contribution in [2.45, 2.75) is 6.42 Å². The number of esters is 1. The van der Waals surface area contributed by atoms with E-state index in [1.807, 2.05) is 31.1 Å².